The molecule has 0 bridgehead atoms. The standard InChI is InChI=1S/C10H13FN2O4S/c1-13(6-10(14)17-2)18(15,16)9-5-7(12)3-4-8(9)11/h3-5H,6,12H2,1-2H3. The molecule has 18 heavy (non-hydrogen) atoms. The maximum absolute atomic E-state index is 13.5. The van der Waals surface area contributed by atoms with Crippen molar-refractivity contribution in [3.05, 3.63) is 24.0 Å². The second-order valence-corrected chi connectivity index (χ2v) is 5.54. The molecule has 0 aliphatic carbocycles. The number of benzene rings is 1. The van der Waals surface area contributed by atoms with Crippen LogP contribution in [0.3, 0.4) is 0 Å². The Bertz CT molecular complexity index is 559. The van der Waals surface area contributed by atoms with E-state index in [2.05, 4.69) is 4.74 Å². The van der Waals surface area contributed by atoms with Gasteiger partial charge in [0.2, 0.25) is 10.0 Å². The molecule has 0 saturated carbocycles. The average Bonchev–Trinajstić information content (AvgIpc) is 2.31. The van der Waals surface area contributed by atoms with Crippen molar-refractivity contribution in [1.82, 2.24) is 4.31 Å². The molecule has 1 aromatic rings. The van der Waals surface area contributed by atoms with Crippen LogP contribution in [0.5, 0.6) is 0 Å². The predicted octanol–water partition coefficient (Wildman–Crippen LogP) is 0.201. The van der Waals surface area contributed by atoms with E-state index in [4.69, 9.17) is 5.73 Å². The van der Waals surface area contributed by atoms with Gasteiger partial charge in [0, 0.05) is 12.7 Å². The zero-order valence-corrected chi connectivity index (χ0v) is 10.7. The molecule has 0 aromatic heterocycles. The number of methoxy groups -OCH3 is 1. The Morgan fingerprint density at radius 1 is 1.50 bits per heavy atom. The normalized spacial score (nSPS) is 11.6. The molecule has 1 rings (SSSR count). The van der Waals surface area contributed by atoms with E-state index >= 15 is 0 Å². The van der Waals surface area contributed by atoms with Crippen LogP contribution in [0.4, 0.5) is 10.1 Å². The third-order valence-corrected chi connectivity index (χ3v) is 4.04. The smallest absolute Gasteiger partial charge is 0.321 e. The van der Waals surface area contributed by atoms with E-state index in [0.29, 0.717) is 4.31 Å². The number of sulfonamides is 1. The topological polar surface area (TPSA) is 89.7 Å². The molecule has 0 radical (unpaired) electrons. The highest BCUT2D eigenvalue weighted by atomic mass is 32.2. The van der Waals surface area contributed by atoms with Gasteiger partial charge >= 0.3 is 5.97 Å². The van der Waals surface area contributed by atoms with Crippen LogP contribution in [0.15, 0.2) is 23.1 Å². The molecule has 0 fully saturated rings. The van der Waals surface area contributed by atoms with Crippen molar-refractivity contribution < 1.29 is 22.3 Å². The number of carbonyl (C=O) groups is 1. The zero-order valence-electron chi connectivity index (χ0n) is 9.88. The van der Waals surface area contributed by atoms with E-state index in [9.17, 15) is 17.6 Å². The van der Waals surface area contributed by atoms with Gasteiger partial charge in [-0.2, -0.15) is 4.31 Å². The minimum atomic E-state index is -4.12. The Kier molecular flexibility index (Phi) is 4.25. The highest BCUT2D eigenvalue weighted by molar-refractivity contribution is 7.89. The van der Waals surface area contributed by atoms with Crippen molar-refractivity contribution in [3.8, 4) is 0 Å². The summed E-state index contributed by atoms with van der Waals surface area (Å²) in [5.74, 6) is -1.67. The second-order valence-electron chi connectivity index (χ2n) is 3.53. The summed E-state index contributed by atoms with van der Waals surface area (Å²) in [6, 6.07) is 3.20. The summed E-state index contributed by atoms with van der Waals surface area (Å²) in [5, 5.41) is 0. The minimum absolute atomic E-state index is 0.112. The van der Waals surface area contributed by atoms with Crippen molar-refractivity contribution in [2.24, 2.45) is 0 Å². The number of hydrogen-bond donors (Lipinski definition) is 1. The lowest BCUT2D eigenvalue weighted by Gasteiger charge is -2.16. The Labute approximate surface area is 104 Å². The molecule has 1 aromatic carbocycles. The minimum Gasteiger partial charge on any atom is -0.468 e. The fourth-order valence-corrected chi connectivity index (χ4v) is 2.43. The van der Waals surface area contributed by atoms with E-state index in [-0.39, 0.29) is 5.69 Å². The van der Waals surface area contributed by atoms with Gasteiger partial charge in [0.25, 0.3) is 0 Å². The lowest BCUT2D eigenvalue weighted by molar-refractivity contribution is -0.140. The van der Waals surface area contributed by atoms with Crippen LogP contribution in [0, 0.1) is 5.82 Å². The number of rotatable bonds is 4. The summed E-state index contributed by atoms with van der Waals surface area (Å²) in [4.78, 5) is 10.4. The third-order valence-electron chi connectivity index (χ3n) is 2.22. The maximum atomic E-state index is 13.5. The molecule has 8 heteroatoms. The van der Waals surface area contributed by atoms with E-state index in [1.807, 2.05) is 0 Å². The highest BCUT2D eigenvalue weighted by Crippen LogP contribution is 2.20. The van der Waals surface area contributed by atoms with Gasteiger partial charge < -0.3 is 10.5 Å². The first-order chi connectivity index (χ1) is 8.28. The number of nitrogen functional groups attached to an aromatic ring is 1. The fourth-order valence-electron chi connectivity index (χ4n) is 1.22. The molecule has 100 valence electrons. The summed E-state index contributed by atoms with van der Waals surface area (Å²) >= 11 is 0. The number of esters is 1. The van der Waals surface area contributed by atoms with E-state index < -0.39 is 33.3 Å². The van der Waals surface area contributed by atoms with Crippen molar-refractivity contribution in [2.45, 2.75) is 4.90 Å². The summed E-state index contributed by atoms with van der Waals surface area (Å²) < 4.78 is 42.5. The van der Waals surface area contributed by atoms with Gasteiger partial charge in [-0.15, -0.1) is 0 Å². The van der Waals surface area contributed by atoms with Gasteiger partial charge in [-0.3, -0.25) is 4.79 Å². The largest absolute Gasteiger partial charge is 0.468 e. The fraction of sp³-hybridized carbons (Fsp3) is 0.300. The number of carbonyl (C=O) groups excluding carboxylic acids is 1. The van der Waals surface area contributed by atoms with Gasteiger partial charge in [0.15, 0.2) is 0 Å². The quantitative estimate of drug-likeness (QED) is 0.627. The van der Waals surface area contributed by atoms with Crippen LogP contribution in [-0.4, -0.2) is 39.4 Å². The number of likely N-dealkylation sites (N-methyl/N-ethyl adjacent to an activating group) is 1. The van der Waals surface area contributed by atoms with Crippen molar-refractivity contribution in [1.29, 1.82) is 0 Å². The SMILES string of the molecule is COC(=O)CN(C)S(=O)(=O)c1cc(N)ccc1F. The number of halogens is 1. The summed E-state index contributed by atoms with van der Waals surface area (Å²) in [7, 11) is -1.84. The molecular weight excluding hydrogens is 263 g/mol. The number of ether oxygens (including phenoxy) is 1. The monoisotopic (exact) mass is 276 g/mol. The van der Waals surface area contributed by atoms with Gasteiger partial charge in [0.05, 0.1) is 7.11 Å². The van der Waals surface area contributed by atoms with E-state index in [0.717, 1.165) is 26.3 Å². The lowest BCUT2D eigenvalue weighted by atomic mass is 10.3. The first-order valence-electron chi connectivity index (χ1n) is 4.87. The summed E-state index contributed by atoms with van der Waals surface area (Å²) in [6.07, 6.45) is 0. The summed E-state index contributed by atoms with van der Waals surface area (Å²) in [6.45, 7) is -0.507. The first kappa shape index (κ1) is 14.4. The Morgan fingerprint density at radius 2 is 2.11 bits per heavy atom. The molecular formula is C10H13FN2O4S. The molecule has 0 amide bonds. The summed E-state index contributed by atoms with van der Waals surface area (Å²) in [5.41, 5.74) is 5.52. The Balaban J connectivity index is 3.13. The maximum Gasteiger partial charge on any atom is 0.321 e. The molecule has 0 unspecified atom stereocenters. The van der Waals surface area contributed by atoms with Crippen molar-refractivity contribution in [3.63, 3.8) is 0 Å². The molecule has 0 heterocycles. The third kappa shape index (κ3) is 2.96. The number of hydrogen-bond acceptors (Lipinski definition) is 5. The molecule has 0 spiro atoms. The van der Waals surface area contributed by atoms with Crippen LogP contribution in [0.2, 0.25) is 0 Å². The van der Waals surface area contributed by atoms with Crippen LogP contribution in [0.25, 0.3) is 0 Å². The highest BCUT2D eigenvalue weighted by Gasteiger charge is 2.26. The molecule has 0 aliphatic heterocycles. The lowest BCUT2D eigenvalue weighted by Crippen LogP contribution is -2.33. The Morgan fingerprint density at radius 3 is 2.67 bits per heavy atom. The van der Waals surface area contributed by atoms with E-state index in [1.165, 1.54) is 6.07 Å². The number of nitrogens with zero attached hydrogens (tertiary/aromatic N) is 1. The van der Waals surface area contributed by atoms with Gasteiger partial charge in [-0.1, -0.05) is 0 Å². The van der Waals surface area contributed by atoms with Crippen LogP contribution in [-0.2, 0) is 19.6 Å². The van der Waals surface area contributed by atoms with Crippen LogP contribution in [0.1, 0.15) is 0 Å². The molecule has 2 N–H and O–H groups in total. The van der Waals surface area contributed by atoms with Crippen molar-refractivity contribution >= 4 is 21.7 Å². The second kappa shape index (κ2) is 5.32. The van der Waals surface area contributed by atoms with Gasteiger partial charge in [0.1, 0.15) is 17.3 Å². The van der Waals surface area contributed by atoms with Crippen molar-refractivity contribution in [2.75, 3.05) is 26.4 Å². The molecule has 6 nitrogen and oxygen atoms in total. The van der Waals surface area contributed by atoms with Gasteiger partial charge in [-0.25, -0.2) is 12.8 Å². The van der Waals surface area contributed by atoms with Crippen LogP contribution < -0.4 is 5.73 Å². The van der Waals surface area contributed by atoms with Gasteiger partial charge in [-0.05, 0) is 18.2 Å². The molecule has 0 aliphatic rings. The average molecular weight is 276 g/mol. The first-order valence-corrected chi connectivity index (χ1v) is 6.31. The van der Waals surface area contributed by atoms with E-state index in [1.54, 1.807) is 0 Å². The predicted molar refractivity (Wildman–Crippen MR) is 62.6 cm³/mol. The van der Waals surface area contributed by atoms with Crippen LogP contribution >= 0.6 is 0 Å². The number of anilines is 1. The molecule has 0 saturated heterocycles. The zero-order chi connectivity index (χ0) is 13.9. The Hall–Kier alpha value is -1.67. The number of nitrogens with two attached hydrogens (primary N) is 1. The molecule has 0 atom stereocenters.